The number of nitrogens with zero attached hydrogens (tertiary/aromatic N) is 2. The summed E-state index contributed by atoms with van der Waals surface area (Å²) in [6, 6.07) is 0.451. The van der Waals surface area contributed by atoms with Crippen molar-refractivity contribution in [2.24, 2.45) is 5.92 Å². The average Bonchev–Trinajstić information content (AvgIpc) is 2.92. The number of hydrogen-bond donors (Lipinski definition) is 0. The van der Waals surface area contributed by atoms with Crippen LogP contribution in [0.2, 0.25) is 0 Å². The first kappa shape index (κ1) is 16.9. The second kappa shape index (κ2) is 8.93. The molecule has 0 aliphatic rings. The van der Waals surface area contributed by atoms with Gasteiger partial charge in [-0.25, -0.2) is 4.98 Å². The molecule has 0 saturated carbocycles. The number of aromatic nitrogens is 1. The van der Waals surface area contributed by atoms with E-state index in [2.05, 4.69) is 43.0 Å². The summed E-state index contributed by atoms with van der Waals surface area (Å²) in [7, 11) is 0. The second-order valence-electron chi connectivity index (χ2n) is 5.00. The highest BCUT2D eigenvalue weighted by Crippen LogP contribution is 2.29. The van der Waals surface area contributed by atoms with Crippen LogP contribution in [0, 0.1) is 5.92 Å². The number of halogens is 1. The maximum Gasteiger partial charge on any atom is 0.110 e. The van der Waals surface area contributed by atoms with Gasteiger partial charge in [0.05, 0.1) is 17.6 Å². The molecule has 1 rings (SSSR count). The molecule has 0 radical (unpaired) electrons. The molecule has 0 N–H and O–H groups in total. The summed E-state index contributed by atoms with van der Waals surface area (Å²) >= 11 is 7.62. The van der Waals surface area contributed by atoms with Gasteiger partial charge in [0.2, 0.25) is 0 Å². The van der Waals surface area contributed by atoms with Crippen LogP contribution in [0.1, 0.15) is 63.7 Å². The van der Waals surface area contributed by atoms with E-state index in [0.29, 0.717) is 11.9 Å². The van der Waals surface area contributed by atoms with E-state index in [1.54, 1.807) is 11.3 Å². The van der Waals surface area contributed by atoms with E-state index in [9.17, 15) is 0 Å². The summed E-state index contributed by atoms with van der Waals surface area (Å²) < 4.78 is 0. The van der Waals surface area contributed by atoms with E-state index in [-0.39, 0.29) is 0 Å². The summed E-state index contributed by atoms with van der Waals surface area (Å²) in [5.74, 6) is 1.31. The lowest BCUT2D eigenvalue weighted by Crippen LogP contribution is -2.33. The Labute approximate surface area is 127 Å². The van der Waals surface area contributed by atoms with Gasteiger partial charge >= 0.3 is 0 Å². The predicted octanol–water partition coefficient (Wildman–Crippen LogP) is 5.09. The average molecular weight is 303 g/mol. The fourth-order valence-corrected chi connectivity index (χ4v) is 3.75. The first-order chi connectivity index (χ1) is 9.19. The minimum Gasteiger partial charge on any atom is -0.294 e. The maximum atomic E-state index is 5.86. The molecule has 110 valence electrons. The van der Waals surface area contributed by atoms with Crippen LogP contribution in [0.5, 0.6) is 0 Å². The Bertz CT molecular complexity index is 350. The molecule has 0 saturated heterocycles. The van der Waals surface area contributed by atoms with Gasteiger partial charge in [0.25, 0.3) is 0 Å². The third kappa shape index (κ3) is 4.73. The van der Waals surface area contributed by atoms with Gasteiger partial charge in [0.15, 0.2) is 0 Å². The van der Waals surface area contributed by atoms with Crippen molar-refractivity contribution in [1.82, 2.24) is 9.88 Å². The van der Waals surface area contributed by atoms with Crippen molar-refractivity contribution < 1.29 is 0 Å². The minimum absolute atomic E-state index is 0.451. The van der Waals surface area contributed by atoms with E-state index < -0.39 is 0 Å². The number of rotatable bonds is 9. The molecule has 0 bridgehead atoms. The Kier molecular flexibility index (Phi) is 7.96. The van der Waals surface area contributed by atoms with Crippen molar-refractivity contribution in [1.29, 1.82) is 0 Å². The van der Waals surface area contributed by atoms with Crippen molar-refractivity contribution in [2.75, 3.05) is 13.1 Å². The lowest BCUT2D eigenvalue weighted by molar-refractivity contribution is 0.166. The highest BCUT2D eigenvalue weighted by molar-refractivity contribution is 7.09. The standard InChI is InChI=1S/C15H27ClN2S/c1-5-12(6-2)10-18(8-4)14(7-3)15-17-13(9-16)11-19-15/h11-12,14H,5-10H2,1-4H3. The molecule has 0 aliphatic carbocycles. The molecule has 1 unspecified atom stereocenters. The molecule has 1 aromatic rings. The van der Waals surface area contributed by atoms with Gasteiger partial charge in [-0.15, -0.1) is 22.9 Å². The van der Waals surface area contributed by atoms with Crippen LogP contribution in [-0.4, -0.2) is 23.0 Å². The SMILES string of the molecule is CCC(CC)CN(CC)C(CC)c1nc(CCl)cs1. The topological polar surface area (TPSA) is 16.1 Å². The number of hydrogen-bond acceptors (Lipinski definition) is 3. The summed E-state index contributed by atoms with van der Waals surface area (Å²) in [5.41, 5.74) is 1.01. The van der Waals surface area contributed by atoms with E-state index in [4.69, 9.17) is 11.6 Å². The fraction of sp³-hybridized carbons (Fsp3) is 0.800. The zero-order valence-corrected chi connectivity index (χ0v) is 14.2. The van der Waals surface area contributed by atoms with E-state index in [1.807, 2.05) is 0 Å². The van der Waals surface area contributed by atoms with Gasteiger partial charge in [0, 0.05) is 11.9 Å². The van der Waals surface area contributed by atoms with Crippen LogP contribution in [0.4, 0.5) is 0 Å². The van der Waals surface area contributed by atoms with Crippen molar-refractivity contribution in [3.8, 4) is 0 Å². The Morgan fingerprint density at radius 3 is 2.32 bits per heavy atom. The maximum absolute atomic E-state index is 5.86. The van der Waals surface area contributed by atoms with Gasteiger partial charge < -0.3 is 0 Å². The third-order valence-electron chi connectivity index (χ3n) is 3.87. The van der Waals surface area contributed by atoms with Crippen molar-refractivity contribution in [2.45, 2.75) is 58.9 Å². The zero-order chi connectivity index (χ0) is 14.3. The molecule has 4 heteroatoms. The van der Waals surface area contributed by atoms with Crippen molar-refractivity contribution in [3.63, 3.8) is 0 Å². The van der Waals surface area contributed by atoms with Gasteiger partial charge in [0.1, 0.15) is 5.01 Å². The monoisotopic (exact) mass is 302 g/mol. The van der Waals surface area contributed by atoms with Crippen LogP contribution < -0.4 is 0 Å². The Hall–Kier alpha value is -0.120. The Morgan fingerprint density at radius 2 is 1.89 bits per heavy atom. The molecular weight excluding hydrogens is 276 g/mol. The van der Waals surface area contributed by atoms with Crippen LogP contribution >= 0.6 is 22.9 Å². The van der Waals surface area contributed by atoms with Crippen molar-refractivity contribution >= 4 is 22.9 Å². The number of thiazole rings is 1. The minimum atomic E-state index is 0.451. The third-order valence-corrected chi connectivity index (χ3v) is 5.14. The van der Waals surface area contributed by atoms with Crippen LogP contribution in [0.15, 0.2) is 5.38 Å². The molecule has 0 aromatic carbocycles. The molecule has 1 atom stereocenters. The molecule has 1 aromatic heterocycles. The zero-order valence-electron chi connectivity index (χ0n) is 12.7. The number of alkyl halides is 1. The first-order valence-electron chi connectivity index (χ1n) is 7.44. The molecule has 19 heavy (non-hydrogen) atoms. The van der Waals surface area contributed by atoms with Gasteiger partial charge in [-0.2, -0.15) is 0 Å². The van der Waals surface area contributed by atoms with Gasteiger partial charge in [-0.3, -0.25) is 4.90 Å². The quantitative estimate of drug-likeness (QED) is 0.591. The first-order valence-corrected chi connectivity index (χ1v) is 8.85. The highest BCUT2D eigenvalue weighted by Gasteiger charge is 2.22. The Balaban J connectivity index is 2.79. The van der Waals surface area contributed by atoms with Crippen molar-refractivity contribution in [3.05, 3.63) is 16.1 Å². The lowest BCUT2D eigenvalue weighted by atomic mass is 10.0. The molecular formula is C15H27ClN2S. The summed E-state index contributed by atoms with van der Waals surface area (Å²) in [4.78, 5) is 7.25. The van der Waals surface area contributed by atoms with E-state index in [1.165, 1.54) is 24.4 Å². The summed E-state index contributed by atoms with van der Waals surface area (Å²) in [6.07, 6.45) is 3.63. The van der Waals surface area contributed by atoms with Gasteiger partial charge in [-0.05, 0) is 18.9 Å². The van der Waals surface area contributed by atoms with Crippen LogP contribution in [0.3, 0.4) is 0 Å². The summed E-state index contributed by atoms with van der Waals surface area (Å²) in [5, 5.41) is 3.32. The van der Waals surface area contributed by atoms with Crippen LogP contribution in [0.25, 0.3) is 0 Å². The summed E-state index contributed by atoms with van der Waals surface area (Å²) in [6.45, 7) is 11.3. The normalized spacial score (nSPS) is 13.4. The largest absolute Gasteiger partial charge is 0.294 e. The lowest BCUT2D eigenvalue weighted by Gasteiger charge is -2.31. The molecule has 0 aliphatic heterocycles. The van der Waals surface area contributed by atoms with Gasteiger partial charge in [-0.1, -0.05) is 40.5 Å². The molecule has 1 heterocycles. The molecule has 0 fully saturated rings. The molecule has 0 spiro atoms. The van der Waals surface area contributed by atoms with Crippen LogP contribution in [-0.2, 0) is 5.88 Å². The smallest absolute Gasteiger partial charge is 0.110 e. The van der Waals surface area contributed by atoms with E-state index >= 15 is 0 Å². The molecule has 0 amide bonds. The van der Waals surface area contributed by atoms with E-state index in [0.717, 1.165) is 24.6 Å². The fourth-order valence-electron chi connectivity index (χ4n) is 2.48. The Morgan fingerprint density at radius 1 is 1.21 bits per heavy atom. The predicted molar refractivity (Wildman–Crippen MR) is 86.0 cm³/mol. The molecule has 2 nitrogen and oxygen atoms in total. The second-order valence-corrected chi connectivity index (χ2v) is 6.16. The highest BCUT2D eigenvalue weighted by atomic mass is 35.5.